The maximum Gasteiger partial charge on any atom is 0.251 e. The Morgan fingerprint density at radius 2 is 1.37 bits per heavy atom. The molecule has 1 amide bonds. The van der Waals surface area contributed by atoms with Gasteiger partial charge in [0, 0.05) is 50.7 Å². The van der Waals surface area contributed by atoms with Crippen LogP contribution in [-0.2, 0) is 22.6 Å². The predicted molar refractivity (Wildman–Crippen MR) is 158 cm³/mol. The van der Waals surface area contributed by atoms with E-state index in [0.29, 0.717) is 76.0 Å². The van der Waals surface area contributed by atoms with E-state index in [4.69, 9.17) is 9.47 Å². The van der Waals surface area contributed by atoms with Crippen LogP contribution in [0.4, 0.5) is 17.8 Å². The number of amides is 1. The van der Waals surface area contributed by atoms with Crippen molar-refractivity contribution in [3.63, 3.8) is 0 Å². The average Bonchev–Trinajstić information content (AvgIpc) is 3.54. The summed E-state index contributed by atoms with van der Waals surface area (Å²) in [6.45, 7) is 4.88. The third-order valence-corrected chi connectivity index (χ3v) is 5.83. The molecule has 0 saturated carbocycles. The third kappa shape index (κ3) is 11.2. The van der Waals surface area contributed by atoms with E-state index < -0.39 is 0 Å². The third-order valence-electron chi connectivity index (χ3n) is 5.83. The van der Waals surface area contributed by atoms with Gasteiger partial charge in [-0.2, -0.15) is 15.0 Å². The van der Waals surface area contributed by atoms with Gasteiger partial charge in [-0.15, -0.1) is 0 Å². The molecule has 2 aromatic carbocycles. The van der Waals surface area contributed by atoms with Crippen molar-refractivity contribution in [3.8, 4) is 0 Å². The molecule has 0 saturated heterocycles. The number of carbonyl (C=O) groups excluding carboxylic acids is 1. The van der Waals surface area contributed by atoms with Gasteiger partial charge in [-0.1, -0.05) is 48.5 Å². The molecule has 41 heavy (non-hydrogen) atoms. The van der Waals surface area contributed by atoms with Gasteiger partial charge < -0.3 is 35.3 Å². The summed E-state index contributed by atoms with van der Waals surface area (Å²) in [4.78, 5) is 29.6. The first-order valence-corrected chi connectivity index (χ1v) is 13.7. The Bertz CT molecular complexity index is 1280. The second-order valence-corrected chi connectivity index (χ2v) is 9.00. The van der Waals surface area contributed by atoms with E-state index in [1.165, 1.54) is 0 Å². The fourth-order valence-electron chi connectivity index (χ4n) is 3.76. The molecule has 216 valence electrons. The largest absolute Gasteiger partial charge is 0.377 e. The molecular formula is C29H37N9O3. The molecule has 0 spiro atoms. The molecule has 0 aliphatic rings. The molecule has 4 rings (SSSR count). The lowest BCUT2D eigenvalue weighted by molar-refractivity contribution is 0.0519. The number of aromatic nitrogens is 5. The number of hydrogen-bond donors (Lipinski definition) is 4. The highest BCUT2D eigenvalue weighted by Gasteiger charge is 2.07. The van der Waals surface area contributed by atoms with Gasteiger partial charge in [0.2, 0.25) is 17.8 Å². The van der Waals surface area contributed by atoms with E-state index in [9.17, 15) is 4.79 Å². The van der Waals surface area contributed by atoms with E-state index in [1.54, 1.807) is 24.7 Å². The van der Waals surface area contributed by atoms with Crippen molar-refractivity contribution in [2.75, 3.05) is 62.0 Å². The number of imidazole rings is 1. The molecule has 0 radical (unpaired) electrons. The molecule has 0 fully saturated rings. The second-order valence-electron chi connectivity index (χ2n) is 9.00. The molecule has 4 aromatic rings. The van der Waals surface area contributed by atoms with Gasteiger partial charge in [-0.3, -0.25) is 4.79 Å². The number of anilines is 3. The van der Waals surface area contributed by atoms with E-state index >= 15 is 0 Å². The fourth-order valence-corrected chi connectivity index (χ4v) is 3.76. The summed E-state index contributed by atoms with van der Waals surface area (Å²) >= 11 is 0. The van der Waals surface area contributed by atoms with Gasteiger partial charge in [0.1, 0.15) is 0 Å². The lowest BCUT2D eigenvalue weighted by Gasteiger charge is -2.12. The van der Waals surface area contributed by atoms with E-state index in [-0.39, 0.29) is 5.91 Å². The van der Waals surface area contributed by atoms with Crippen LogP contribution in [0.5, 0.6) is 0 Å². The summed E-state index contributed by atoms with van der Waals surface area (Å²) in [6.07, 6.45) is 6.41. The minimum absolute atomic E-state index is 0.110. The Hall–Kier alpha value is -4.55. The minimum Gasteiger partial charge on any atom is -0.377 e. The first-order valence-electron chi connectivity index (χ1n) is 13.7. The summed E-state index contributed by atoms with van der Waals surface area (Å²) < 4.78 is 13.2. The summed E-state index contributed by atoms with van der Waals surface area (Å²) in [5, 5.41) is 12.6. The Kier molecular flexibility index (Phi) is 12.4. The topological polar surface area (TPSA) is 140 Å². The number of nitrogens with one attached hydrogen (secondary N) is 4. The monoisotopic (exact) mass is 559 g/mol. The van der Waals surface area contributed by atoms with Crippen LogP contribution in [0.1, 0.15) is 22.3 Å². The SMILES string of the molecule is O=C(NCCOCCOCCNc1nc(NCCCn2ccnc2)nc(NCc2ccccc2)n1)c1ccccc1. The van der Waals surface area contributed by atoms with Crippen LogP contribution >= 0.6 is 0 Å². The number of rotatable bonds is 19. The highest BCUT2D eigenvalue weighted by molar-refractivity contribution is 5.94. The number of benzene rings is 2. The minimum atomic E-state index is -0.110. The van der Waals surface area contributed by atoms with Crippen LogP contribution in [0.15, 0.2) is 79.4 Å². The Morgan fingerprint density at radius 3 is 2.05 bits per heavy atom. The number of nitrogens with zero attached hydrogens (tertiary/aromatic N) is 5. The van der Waals surface area contributed by atoms with Gasteiger partial charge in [0.15, 0.2) is 0 Å². The summed E-state index contributed by atoms with van der Waals surface area (Å²) in [6, 6.07) is 19.2. The molecule has 0 unspecified atom stereocenters. The normalized spacial score (nSPS) is 10.7. The molecule has 0 atom stereocenters. The van der Waals surface area contributed by atoms with E-state index in [2.05, 4.69) is 41.2 Å². The first kappa shape index (κ1) is 29.4. The summed E-state index contributed by atoms with van der Waals surface area (Å²) in [5.41, 5.74) is 1.76. The van der Waals surface area contributed by atoms with E-state index in [0.717, 1.165) is 18.5 Å². The standard InChI is InChI=1S/C29H37N9O3/c39-26(25-10-5-2-6-11-25)31-14-18-40-20-21-41-19-15-33-28-35-27(32-12-7-16-38-17-13-30-23-38)36-29(37-28)34-22-24-8-3-1-4-9-24/h1-6,8-11,13,17,23H,7,12,14-16,18-22H2,(H,31,39)(H3,32,33,34,35,36,37). The second kappa shape index (κ2) is 17.2. The van der Waals surface area contributed by atoms with Crippen LogP contribution in [0.2, 0.25) is 0 Å². The summed E-state index contributed by atoms with van der Waals surface area (Å²) in [5.74, 6) is 1.33. The van der Waals surface area contributed by atoms with Gasteiger partial charge in [0.25, 0.3) is 5.91 Å². The maximum atomic E-state index is 12.0. The van der Waals surface area contributed by atoms with Crippen molar-refractivity contribution in [1.82, 2.24) is 29.8 Å². The number of hydrogen-bond acceptors (Lipinski definition) is 10. The van der Waals surface area contributed by atoms with Crippen LogP contribution in [0.3, 0.4) is 0 Å². The zero-order chi connectivity index (χ0) is 28.4. The van der Waals surface area contributed by atoms with Gasteiger partial charge >= 0.3 is 0 Å². The van der Waals surface area contributed by atoms with Crippen LogP contribution in [0, 0.1) is 0 Å². The van der Waals surface area contributed by atoms with Crippen LogP contribution < -0.4 is 21.3 Å². The smallest absolute Gasteiger partial charge is 0.251 e. The summed E-state index contributed by atoms with van der Waals surface area (Å²) in [7, 11) is 0. The molecule has 2 heterocycles. The van der Waals surface area contributed by atoms with Crippen molar-refractivity contribution in [2.24, 2.45) is 0 Å². The van der Waals surface area contributed by atoms with E-state index in [1.807, 2.05) is 59.3 Å². The number of aryl methyl sites for hydroxylation is 1. The Labute approximate surface area is 240 Å². The molecule has 0 aliphatic carbocycles. The zero-order valence-electron chi connectivity index (χ0n) is 23.0. The Balaban J connectivity index is 1.14. The highest BCUT2D eigenvalue weighted by atomic mass is 16.5. The molecular weight excluding hydrogens is 522 g/mol. The van der Waals surface area contributed by atoms with Crippen molar-refractivity contribution in [2.45, 2.75) is 19.5 Å². The number of ether oxygens (including phenoxy) is 2. The molecule has 12 nitrogen and oxygen atoms in total. The molecule has 4 N–H and O–H groups in total. The molecule has 2 aromatic heterocycles. The fraction of sp³-hybridized carbons (Fsp3) is 0.345. The molecule has 12 heteroatoms. The number of carbonyl (C=O) groups is 1. The van der Waals surface area contributed by atoms with Crippen molar-refractivity contribution in [3.05, 3.63) is 90.5 Å². The maximum absolute atomic E-state index is 12.0. The van der Waals surface area contributed by atoms with Gasteiger partial charge in [-0.05, 0) is 24.1 Å². The van der Waals surface area contributed by atoms with Crippen molar-refractivity contribution >= 4 is 23.8 Å². The first-order chi connectivity index (χ1) is 20.3. The van der Waals surface area contributed by atoms with Crippen LogP contribution in [0.25, 0.3) is 0 Å². The average molecular weight is 560 g/mol. The zero-order valence-corrected chi connectivity index (χ0v) is 23.0. The van der Waals surface area contributed by atoms with Gasteiger partial charge in [-0.25, -0.2) is 4.98 Å². The van der Waals surface area contributed by atoms with Crippen LogP contribution in [-0.4, -0.2) is 76.5 Å². The molecule has 0 bridgehead atoms. The quantitative estimate of drug-likeness (QED) is 0.127. The van der Waals surface area contributed by atoms with Gasteiger partial charge in [0.05, 0.1) is 32.8 Å². The Morgan fingerprint density at radius 1 is 0.732 bits per heavy atom. The highest BCUT2D eigenvalue weighted by Crippen LogP contribution is 2.11. The van der Waals surface area contributed by atoms with Crippen molar-refractivity contribution in [1.29, 1.82) is 0 Å². The molecule has 0 aliphatic heterocycles. The van der Waals surface area contributed by atoms with Crippen molar-refractivity contribution < 1.29 is 14.3 Å². The lowest BCUT2D eigenvalue weighted by Crippen LogP contribution is -2.27. The predicted octanol–water partition coefficient (Wildman–Crippen LogP) is 3.06. The lowest BCUT2D eigenvalue weighted by atomic mass is 10.2.